The maximum atomic E-state index is 12.7. The second-order valence-electron chi connectivity index (χ2n) is 6.16. The molecule has 0 saturated carbocycles. The van der Waals surface area contributed by atoms with Gasteiger partial charge in [-0.05, 0) is 37.9 Å². The molecule has 0 bridgehead atoms. The van der Waals surface area contributed by atoms with Crippen LogP contribution in [-0.2, 0) is 4.79 Å². The Kier molecular flexibility index (Phi) is 6.17. The predicted octanol–water partition coefficient (Wildman–Crippen LogP) is 3.28. The molecule has 2 aromatic carbocycles. The van der Waals surface area contributed by atoms with Crippen molar-refractivity contribution in [2.75, 3.05) is 33.5 Å². The molecule has 5 nitrogen and oxygen atoms in total. The number of hydrogen-bond donors (Lipinski definition) is 1. The van der Waals surface area contributed by atoms with Crippen LogP contribution in [-0.4, -0.2) is 49.8 Å². The van der Waals surface area contributed by atoms with E-state index in [2.05, 4.69) is 5.32 Å². The molecular formula is C19H22ClN3O2. The van der Waals surface area contributed by atoms with Crippen molar-refractivity contribution in [1.82, 2.24) is 9.80 Å². The van der Waals surface area contributed by atoms with Gasteiger partial charge in [0.05, 0.1) is 10.6 Å². The molecule has 1 unspecified atom stereocenters. The summed E-state index contributed by atoms with van der Waals surface area (Å²) in [5.74, 6) is -0.350. The number of rotatable bonds is 5. The van der Waals surface area contributed by atoms with E-state index in [0.29, 0.717) is 16.3 Å². The molecule has 0 aliphatic carbocycles. The summed E-state index contributed by atoms with van der Waals surface area (Å²) in [6.07, 6.45) is 0. The van der Waals surface area contributed by atoms with E-state index in [1.54, 1.807) is 32.3 Å². The molecule has 0 spiro atoms. The number of carbonyl (C=O) groups is 2. The number of likely N-dealkylation sites (N-methyl/N-ethyl adjacent to an activating group) is 1. The molecule has 1 N–H and O–H groups in total. The molecule has 132 valence electrons. The molecule has 1 atom stereocenters. The van der Waals surface area contributed by atoms with Crippen molar-refractivity contribution >= 4 is 29.1 Å². The van der Waals surface area contributed by atoms with Crippen molar-refractivity contribution in [1.29, 1.82) is 0 Å². The fraction of sp³-hybridized carbons (Fsp3) is 0.263. The molecular weight excluding hydrogens is 338 g/mol. The van der Waals surface area contributed by atoms with Crippen LogP contribution in [0.4, 0.5) is 5.69 Å². The Morgan fingerprint density at radius 1 is 1.00 bits per heavy atom. The van der Waals surface area contributed by atoms with Gasteiger partial charge in [-0.1, -0.05) is 41.9 Å². The zero-order chi connectivity index (χ0) is 18.6. The van der Waals surface area contributed by atoms with E-state index in [9.17, 15) is 9.59 Å². The van der Waals surface area contributed by atoms with Crippen LogP contribution in [0, 0.1) is 0 Å². The minimum atomic E-state index is -0.428. The number of nitrogens with one attached hydrogen (secondary N) is 1. The van der Waals surface area contributed by atoms with E-state index in [4.69, 9.17) is 11.6 Å². The van der Waals surface area contributed by atoms with Gasteiger partial charge in [0.2, 0.25) is 5.91 Å². The van der Waals surface area contributed by atoms with Gasteiger partial charge < -0.3 is 10.2 Å². The van der Waals surface area contributed by atoms with Crippen LogP contribution in [0.1, 0.15) is 22.0 Å². The Labute approximate surface area is 153 Å². The molecule has 2 amide bonds. The van der Waals surface area contributed by atoms with Gasteiger partial charge in [0, 0.05) is 19.8 Å². The van der Waals surface area contributed by atoms with Crippen molar-refractivity contribution < 1.29 is 9.59 Å². The van der Waals surface area contributed by atoms with E-state index in [1.807, 2.05) is 49.3 Å². The molecule has 0 heterocycles. The highest BCUT2D eigenvalue weighted by atomic mass is 35.5. The van der Waals surface area contributed by atoms with Crippen LogP contribution in [0.15, 0.2) is 48.5 Å². The Hall–Kier alpha value is -2.37. The summed E-state index contributed by atoms with van der Waals surface area (Å²) in [6, 6.07) is 14.0. The first-order valence-corrected chi connectivity index (χ1v) is 8.22. The smallest absolute Gasteiger partial charge is 0.254 e. The van der Waals surface area contributed by atoms with Gasteiger partial charge in [-0.3, -0.25) is 14.5 Å². The lowest BCUT2D eigenvalue weighted by Crippen LogP contribution is -2.32. The van der Waals surface area contributed by atoms with Crippen molar-refractivity contribution in [2.45, 2.75) is 6.04 Å². The standard InChI is InChI=1S/C19H22ClN3O2/c1-22(2)17(13-8-6-5-7-9-13)18(24)21-14-10-11-15(16(20)12-14)19(25)23(3)4/h5-12,17H,1-4H3,(H,21,24). The molecule has 0 aromatic heterocycles. The molecule has 0 aliphatic rings. The topological polar surface area (TPSA) is 52.7 Å². The van der Waals surface area contributed by atoms with Crippen LogP contribution in [0.5, 0.6) is 0 Å². The molecule has 2 aromatic rings. The quantitative estimate of drug-likeness (QED) is 0.891. The second-order valence-corrected chi connectivity index (χ2v) is 6.57. The lowest BCUT2D eigenvalue weighted by atomic mass is 10.1. The van der Waals surface area contributed by atoms with E-state index < -0.39 is 6.04 Å². The van der Waals surface area contributed by atoms with Crippen molar-refractivity contribution in [3.8, 4) is 0 Å². The van der Waals surface area contributed by atoms with Crippen LogP contribution in [0.2, 0.25) is 5.02 Å². The first-order chi connectivity index (χ1) is 11.8. The van der Waals surface area contributed by atoms with Gasteiger partial charge in [0.1, 0.15) is 6.04 Å². The van der Waals surface area contributed by atoms with Crippen LogP contribution < -0.4 is 5.32 Å². The second kappa shape index (κ2) is 8.14. The van der Waals surface area contributed by atoms with Crippen molar-refractivity contribution in [3.05, 3.63) is 64.7 Å². The minimum absolute atomic E-state index is 0.168. The summed E-state index contributed by atoms with van der Waals surface area (Å²) in [4.78, 5) is 28.0. The Morgan fingerprint density at radius 3 is 2.16 bits per heavy atom. The molecule has 0 fully saturated rings. The van der Waals surface area contributed by atoms with E-state index in [0.717, 1.165) is 5.56 Å². The third-order valence-electron chi connectivity index (χ3n) is 3.75. The Bertz CT molecular complexity index is 761. The lowest BCUT2D eigenvalue weighted by molar-refractivity contribution is -0.120. The summed E-state index contributed by atoms with van der Waals surface area (Å²) >= 11 is 6.20. The van der Waals surface area contributed by atoms with Crippen molar-refractivity contribution in [3.63, 3.8) is 0 Å². The van der Waals surface area contributed by atoms with Crippen LogP contribution >= 0.6 is 11.6 Å². The molecule has 0 saturated heterocycles. The predicted molar refractivity (Wildman–Crippen MR) is 101 cm³/mol. The highest BCUT2D eigenvalue weighted by molar-refractivity contribution is 6.34. The fourth-order valence-corrected chi connectivity index (χ4v) is 2.80. The molecule has 2 rings (SSSR count). The average molecular weight is 360 g/mol. The lowest BCUT2D eigenvalue weighted by Gasteiger charge is -2.24. The molecule has 0 aliphatic heterocycles. The maximum Gasteiger partial charge on any atom is 0.254 e. The first-order valence-electron chi connectivity index (χ1n) is 7.84. The SMILES string of the molecule is CN(C)C(=O)c1ccc(NC(=O)C(c2ccccc2)N(C)C)cc1Cl. The first kappa shape index (κ1) is 19.0. The van der Waals surface area contributed by atoms with Crippen LogP contribution in [0.3, 0.4) is 0 Å². The highest BCUT2D eigenvalue weighted by Gasteiger charge is 2.23. The largest absolute Gasteiger partial charge is 0.345 e. The average Bonchev–Trinajstić information content (AvgIpc) is 2.55. The number of amides is 2. The normalized spacial score (nSPS) is 11.9. The summed E-state index contributed by atoms with van der Waals surface area (Å²) in [7, 11) is 7.03. The molecule has 6 heteroatoms. The van der Waals surface area contributed by atoms with Crippen LogP contribution in [0.25, 0.3) is 0 Å². The number of benzene rings is 2. The maximum absolute atomic E-state index is 12.7. The van der Waals surface area contributed by atoms with E-state index in [1.165, 1.54) is 4.90 Å². The van der Waals surface area contributed by atoms with Gasteiger partial charge in [-0.15, -0.1) is 0 Å². The third-order valence-corrected chi connectivity index (χ3v) is 4.07. The minimum Gasteiger partial charge on any atom is -0.345 e. The summed E-state index contributed by atoms with van der Waals surface area (Å²) in [5, 5.41) is 3.17. The van der Waals surface area contributed by atoms with Crippen molar-refractivity contribution in [2.24, 2.45) is 0 Å². The van der Waals surface area contributed by atoms with Gasteiger partial charge in [0.15, 0.2) is 0 Å². The number of nitrogens with zero attached hydrogens (tertiary/aromatic N) is 2. The van der Waals surface area contributed by atoms with Gasteiger partial charge in [0.25, 0.3) is 5.91 Å². The van der Waals surface area contributed by atoms with E-state index in [-0.39, 0.29) is 11.8 Å². The summed E-state index contributed by atoms with van der Waals surface area (Å²) in [6.45, 7) is 0. The number of hydrogen-bond acceptors (Lipinski definition) is 3. The fourth-order valence-electron chi connectivity index (χ4n) is 2.54. The Morgan fingerprint density at radius 2 is 1.64 bits per heavy atom. The Balaban J connectivity index is 2.22. The zero-order valence-electron chi connectivity index (χ0n) is 14.8. The number of anilines is 1. The van der Waals surface area contributed by atoms with E-state index >= 15 is 0 Å². The van der Waals surface area contributed by atoms with Gasteiger partial charge >= 0.3 is 0 Å². The van der Waals surface area contributed by atoms with Gasteiger partial charge in [-0.25, -0.2) is 0 Å². The summed E-state index contributed by atoms with van der Waals surface area (Å²) < 4.78 is 0. The monoisotopic (exact) mass is 359 g/mol. The number of halogens is 1. The van der Waals surface area contributed by atoms with Gasteiger partial charge in [-0.2, -0.15) is 0 Å². The third kappa shape index (κ3) is 4.59. The molecule has 0 radical (unpaired) electrons. The highest BCUT2D eigenvalue weighted by Crippen LogP contribution is 2.24. The summed E-state index contributed by atoms with van der Waals surface area (Å²) in [5.41, 5.74) is 1.85. The molecule has 25 heavy (non-hydrogen) atoms. The zero-order valence-corrected chi connectivity index (χ0v) is 15.5. The number of carbonyl (C=O) groups excluding carboxylic acids is 2.